The van der Waals surface area contributed by atoms with Crippen LogP contribution in [0.3, 0.4) is 0 Å². The summed E-state index contributed by atoms with van der Waals surface area (Å²) in [6.45, 7) is 1.98. The SMILES string of the molecule is CN[C@H]1C[C@H](Nc2nc(Nc3cc(C)ns3)nc3ccsc23)C1. The van der Waals surface area contributed by atoms with E-state index in [0.717, 1.165) is 39.6 Å². The second-order valence-corrected chi connectivity index (χ2v) is 7.51. The first-order valence-corrected chi connectivity index (χ1v) is 9.26. The summed E-state index contributed by atoms with van der Waals surface area (Å²) in [7, 11) is 2.02. The Balaban J connectivity index is 1.59. The Bertz CT molecular complexity index is 820. The zero-order valence-corrected chi connectivity index (χ0v) is 14.6. The van der Waals surface area contributed by atoms with Crippen LogP contribution in [-0.4, -0.2) is 33.5 Å². The molecule has 0 saturated heterocycles. The maximum Gasteiger partial charge on any atom is 0.230 e. The van der Waals surface area contributed by atoms with Gasteiger partial charge in [-0.25, -0.2) is 4.98 Å². The molecular weight excluding hydrogens is 328 g/mol. The molecule has 1 aliphatic carbocycles. The Morgan fingerprint density at radius 1 is 1.22 bits per heavy atom. The number of rotatable bonds is 5. The fraction of sp³-hybridized carbons (Fsp3) is 0.400. The van der Waals surface area contributed by atoms with Gasteiger partial charge in [0, 0.05) is 12.1 Å². The van der Waals surface area contributed by atoms with Crippen molar-refractivity contribution in [1.82, 2.24) is 19.7 Å². The Morgan fingerprint density at radius 3 is 2.83 bits per heavy atom. The molecule has 0 spiro atoms. The lowest BCUT2D eigenvalue weighted by Crippen LogP contribution is -2.46. The van der Waals surface area contributed by atoms with Crippen molar-refractivity contribution in [2.75, 3.05) is 17.7 Å². The van der Waals surface area contributed by atoms with E-state index in [2.05, 4.69) is 35.7 Å². The molecular formula is C15H18N6S2. The van der Waals surface area contributed by atoms with E-state index in [1.165, 1.54) is 11.5 Å². The van der Waals surface area contributed by atoms with Crippen LogP contribution >= 0.6 is 22.9 Å². The topological polar surface area (TPSA) is 74.8 Å². The number of fused-ring (bicyclic) bond motifs is 1. The van der Waals surface area contributed by atoms with Crippen LogP contribution in [0.2, 0.25) is 0 Å². The van der Waals surface area contributed by atoms with Gasteiger partial charge in [-0.05, 0) is 55.9 Å². The predicted molar refractivity (Wildman–Crippen MR) is 97.0 cm³/mol. The molecule has 1 aliphatic rings. The molecule has 0 amide bonds. The van der Waals surface area contributed by atoms with E-state index in [1.807, 2.05) is 26.1 Å². The van der Waals surface area contributed by atoms with Gasteiger partial charge in [0.05, 0.1) is 15.9 Å². The summed E-state index contributed by atoms with van der Waals surface area (Å²) in [5.41, 5.74) is 1.97. The number of hydrogen-bond donors (Lipinski definition) is 3. The van der Waals surface area contributed by atoms with Crippen LogP contribution < -0.4 is 16.0 Å². The van der Waals surface area contributed by atoms with Crippen LogP contribution in [0.4, 0.5) is 16.8 Å². The Labute approximate surface area is 142 Å². The summed E-state index contributed by atoms with van der Waals surface area (Å²) >= 11 is 3.10. The molecule has 0 aliphatic heterocycles. The van der Waals surface area contributed by atoms with Crippen LogP contribution in [-0.2, 0) is 0 Å². The minimum atomic E-state index is 0.478. The van der Waals surface area contributed by atoms with Crippen LogP contribution in [0, 0.1) is 6.92 Å². The maximum absolute atomic E-state index is 4.69. The fourth-order valence-corrected chi connectivity index (χ4v) is 4.15. The van der Waals surface area contributed by atoms with Gasteiger partial charge in [0.15, 0.2) is 0 Å². The molecule has 3 aromatic rings. The number of hydrogen-bond acceptors (Lipinski definition) is 8. The van der Waals surface area contributed by atoms with Crippen LogP contribution in [0.5, 0.6) is 0 Å². The van der Waals surface area contributed by atoms with E-state index >= 15 is 0 Å². The highest BCUT2D eigenvalue weighted by Gasteiger charge is 2.28. The Morgan fingerprint density at radius 2 is 2.09 bits per heavy atom. The van der Waals surface area contributed by atoms with Crippen molar-refractivity contribution in [2.24, 2.45) is 0 Å². The summed E-state index contributed by atoms with van der Waals surface area (Å²) in [5.74, 6) is 1.54. The third-order valence-electron chi connectivity index (χ3n) is 4.05. The van der Waals surface area contributed by atoms with E-state index in [1.54, 1.807) is 11.3 Å². The number of nitrogens with zero attached hydrogens (tertiary/aromatic N) is 3. The maximum atomic E-state index is 4.69. The number of nitrogens with one attached hydrogen (secondary N) is 3. The van der Waals surface area contributed by atoms with Gasteiger partial charge in [-0.1, -0.05) is 0 Å². The van der Waals surface area contributed by atoms with E-state index in [-0.39, 0.29) is 0 Å². The average molecular weight is 346 g/mol. The minimum Gasteiger partial charge on any atom is -0.366 e. The molecule has 1 saturated carbocycles. The van der Waals surface area contributed by atoms with Crippen molar-refractivity contribution in [3.05, 3.63) is 23.2 Å². The first kappa shape index (κ1) is 14.8. The normalized spacial score (nSPS) is 20.4. The summed E-state index contributed by atoms with van der Waals surface area (Å²) < 4.78 is 5.39. The smallest absolute Gasteiger partial charge is 0.230 e. The molecule has 0 aromatic carbocycles. The Kier molecular flexibility index (Phi) is 3.88. The molecule has 0 atom stereocenters. The second kappa shape index (κ2) is 6.03. The number of thiophene rings is 1. The number of anilines is 3. The van der Waals surface area contributed by atoms with Crippen molar-refractivity contribution < 1.29 is 0 Å². The van der Waals surface area contributed by atoms with Crippen LogP contribution in [0.25, 0.3) is 10.2 Å². The molecule has 0 bridgehead atoms. The molecule has 3 aromatic heterocycles. The van der Waals surface area contributed by atoms with Crippen molar-refractivity contribution in [1.29, 1.82) is 0 Å². The van der Waals surface area contributed by atoms with E-state index in [0.29, 0.717) is 18.0 Å². The van der Waals surface area contributed by atoms with Gasteiger partial charge in [0.1, 0.15) is 10.8 Å². The molecule has 3 heterocycles. The first-order valence-electron chi connectivity index (χ1n) is 7.60. The quantitative estimate of drug-likeness (QED) is 0.658. The van der Waals surface area contributed by atoms with Crippen LogP contribution in [0.1, 0.15) is 18.5 Å². The summed E-state index contributed by atoms with van der Waals surface area (Å²) in [6, 6.07) is 5.13. The fourth-order valence-electron chi connectivity index (χ4n) is 2.71. The van der Waals surface area contributed by atoms with E-state index < -0.39 is 0 Å². The molecule has 0 radical (unpaired) electrons. The van der Waals surface area contributed by atoms with E-state index in [4.69, 9.17) is 0 Å². The van der Waals surface area contributed by atoms with Gasteiger partial charge >= 0.3 is 0 Å². The highest BCUT2D eigenvalue weighted by Crippen LogP contribution is 2.32. The molecule has 6 nitrogen and oxygen atoms in total. The van der Waals surface area contributed by atoms with Gasteiger partial charge in [-0.15, -0.1) is 11.3 Å². The zero-order valence-electron chi connectivity index (χ0n) is 13.0. The van der Waals surface area contributed by atoms with Gasteiger partial charge in [0.25, 0.3) is 0 Å². The molecule has 0 unspecified atom stereocenters. The average Bonchev–Trinajstić information content (AvgIpc) is 3.11. The summed E-state index contributed by atoms with van der Waals surface area (Å²) in [5, 5.41) is 13.2. The molecule has 120 valence electrons. The van der Waals surface area contributed by atoms with Gasteiger partial charge in [-0.2, -0.15) is 9.36 Å². The largest absolute Gasteiger partial charge is 0.366 e. The lowest BCUT2D eigenvalue weighted by Gasteiger charge is -2.35. The van der Waals surface area contributed by atoms with Gasteiger partial charge in [0.2, 0.25) is 5.95 Å². The molecule has 1 fully saturated rings. The molecule has 8 heteroatoms. The lowest BCUT2D eigenvalue weighted by molar-refractivity contribution is 0.326. The third kappa shape index (κ3) is 3.01. The minimum absolute atomic E-state index is 0.478. The Hall–Kier alpha value is -1.77. The summed E-state index contributed by atoms with van der Waals surface area (Å²) in [6.07, 6.45) is 2.26. The standard InChI is InChI=1S/C15H18N6S2/c1-8-5-12(23-21-8)19-15-18-11-3-4-22-13(11)14(20-15)17-10-6-9(7-10)16-2/h3-5,9-10,16H,6-7H2,1-2H3,(H2,17,18,19,20)/t9-,10-. The second-order valence-electron chi connectivity index (χ2n) is 5.79. The zero-order chi connectivity index (χ0) is 15.8. The predicted octanol–water partition coefficient (Wildman–Crippen LogP) is 3.36. The lowest BCUT2D eigenvalue weighted by atomic mass is 9.87. The monoisotopic (exact) mass is 346 g/mol. The number of aromatic nitrogens is 3. The number of aryl methyl sites for hydroxylation is 1. The first-order chi connectivity index (χ1) is 11.2. The van der Waals surface area contributed by atoms with E-state index in [9.17, 15) is 0 Å². The van der Waals surface area contributed by atoms with Crippen LogP contribution in [0.15, 0.2) is 17.5 Å². The van der Waals surface area contributed by atoms with Crippen molar-refractivity contribution >= 4 is 49.9 Å². The van der Waals surface area contributed by atoms with Crippen molar-refractivity contribution in [3.63, 3.8) is 0 Å². The van der Waals surface area contributed by atoms with Gasteiger partial charge in [-0.3, -0.25) is 0 Å². The summed E-state index contributed by atoms with van der Waals surface area (Å²) in [4.78, 5) is 9.28. The third-order valence-corrected chi connectivity index (χ3v) is 5.76. The molecule has 4 rings (SSSR count). The molecule has 23 heavy (non-hydrogen) atoms. The van der Waals surface area contributed by atoms with Gasteiger partial charge < -0.3 is 16.0 Å². The highest BCUT2D eigenvalue weighted by atomic mass is 32.1. The molecule has 3 N–H and O–H groups in total. The van der Waals surface area contributed by atoms with Crippen molar-refractivity contribution in [3.8, 4) is 0 Å². The van der Waals surface area contributed by atoms with Crippen molar-refractivity contribution in [2.45, 2.75) is 31.8 Å². The highest BCUT2D eigenvalue weighted by molar-refractivity contribution is 7.17.